The van der Waals surface area contributed by atoms with Crippen LogP contribution in [0.4, 0.5) is 0 Å². The van der Waals surface area contributed by atoms with E-state index in [-0.39, 0.29) is 30.5 Å². The summed E-state index contributed by atoms with van der Waals surface area (Å²) in [5.74, 6) is 0.0371. The summed E-state index contributed by atoms with van der Waals surface area (Å²) in [6.45, 7) is 2.69. The SMILES string of the molecule is Cl.O=C(CCCS(=O)(=O)N1CCCC1)NCCNC1CCCCCC1. The van der Waals surface area contributed by atoms with Gasteiger partial charge in [0.25, 0.3) is 0 Å². The van der Waals surface area contributed by atoms with Gasteiger partial charge < -0.3 is 10.6 Å². The van der Waals surface area contributed by atoms with Crippen LogP contribution in [0.2, 0.25) is 0 Å². The van der Waals surface area contributed by atoms with Crippen LogP contribution in [0.3, 0.4) is 0 Å². The zero-order chi connectivity index (χ0) is 17.3. The van der Waals surface area contributed by atoms with Crippen molar-refractivity contribution in [2.75, 3.05) is 31.9 Å². The lowest BCUT2D eigenvalue weighted by Crippen LogP contribution is -2.37. The van der Waals surface area contributed by atoms with E-state index in [0.29, 0.717) is 32.1 Å². The molecular weight excluding hydrogens is 362 g/mol. The number of halogens is 1. The Hall–Kier alpha value is -0.370. The van der Waals surface area contributed by atoms with Crippen LogP contribution in [0.1, 0.15) is 64.2 Å². The third kappa shape index (κ3) is 8.71. The van der Waals surface area contributed by atoms with Gasteiger partial charge in [-0.15, -0.1) is 12.4 Å². The average Bonchev–Trinajstić information content (AvgIpc) is 2.98. The van der Waals surface area contributed by atoms with E-state index in [2.05, 4.69) is 10.6 Å². The second-order valence-electron chi connectivity index (χ2n) is 7.02. The Morgan fingerprint density at radius 1 is 0.960 bits per heavy atom. The Balaban J connectivity index is 0.00000312. The predicted molar refractivity (Wildman–Crippen MR) is 104 cm³/mol. The number of carbonyl (C=O) groups is 1. The van der Waals surface area contributed by atoms with Gasteiger partial charge in [-0.3, -0.25) is 4.79 Å². The summed E-state index contributed by atoms with van der Waals surface area (Å²) in [6.07, 6.45) is 10.4. The lowest BCUT2D eigenvalue weighted by molar-refractivity contribution is -0.121. The van der Waals surface area contributed by atoms with Gasteiger partial charge in [-0.1, -0.05) is 25.7 Å². The van der Waals surface area contributed by atoms with Crippen LogP contribution in [0.5, 0.6) is 0 Å². The number of sulfonamides is 1. The molecule has 2 aliphatic rings. The molecule has 8 heteroatoms. The molecule has 0 unspecified atom stereocenters. The predicted octanol–water partition coefficient (Wildman–Crippen LogP) is 2.04. The van der Waals surface area contributed by atoms with Crippen molar-refractivity contribution < 1.29 is 13.2 Å². The van der Waals surface area contributed by atoms with E-state index in [1.165, 1.54) is 38.5 Å². The second-order valence-corrected chi connectivity index (χ2v) is 9.11. The Morgan fingerprint density at radius 2 is 1.60 bits per heavy atom. The molecule has 2 N–H and O–H groups in total. The molecular formula is C17H34ClN3O3S. The van der Waals surface area contributed by atoms with Crippen molar-refractivity contribution >= 4 is 28.3 Å². The summed E-state index contributed by atoms with van der Waals surface area (Å²) >= 11 is 0. The summed E-state index contributed by atoms with van der Waals surface area (Å²) in [6, 6.07) is 0.593. The molecule has 0 aromatic rings. The van der Waals surface area contributed by atoms with E-state index in [9.17, 15) is 13.2 Å². The van der Waals surface area contributed by atoms with Crippen LogP contribution in [0, 0.1) is 0 Å². The third-order valence-corrected chi connectivity index (χ3v) is 6.96. The number of nitrogens with zero attached hydrogens (tertiary/aromatic N) is 1. The summed E-state index contributed by atoms with van der Waals surface area (Å²) in [5, 5.41) is 6.40. The van der Waals surface area contributed by atoms with Gasteiger partial charge >= 0.3 is 0 Å². The summed E-state index contributed by atoms with van der Waals surface area (Å²) in [7, 11) is -3.16. The fourth-order valence-corrected chi connectivity index (χ4v) is 5.14. The minimum Gasteiger partial charge on any atom is -0.355 e. The molecule has 1 aliphatic heterocycles. The molecule has 25 heavy (non-hydrogen) atoms. The van der Waals surface area contributed by atoms with E-state index >= 15 is 0 Å². The van der Waals surface area contributed by atoms with Crippen molar-refractivity contribution in [3.8, 4) is 0 Å². The van der Waals surface area contributed by atoms with Crippen LogP contribution in [-0.4, -0.2) is 56.6 Å². The van der Waals surface area contributed by atoms with Gasteiger partial charge in [-0.2, -0.15) is 0 Å². The molecule has 148 valence electrons. The Labute approximate surface area is 159 Å². The summed E-state index contributed by atoms with van der Waals surface area (Å²) < 4.78 is 25.7. The van der Waals surface area contributed by atoms with E-state index in [1.807, 2.05) is 0 Å². The van der Waals surface area contributed by atoms with E-state index in [1.54, 1.807) is 4.31 Å². The van der Waals surface area contributed by atoms with E-state index < -0.39 is 10.0 Å². The first-order valence-corrected chi connectivity index (χ1v) is 11.2. The number of nitrogens with one attached hydrogen (secondary N) is 2. The standard InChI is InChI=1S/C17H33N3O3S.ClH/c21-17(10-7-15-24(22,23)20-13-5-6-14-20)19-12-11-18-16-8-3-1-2-4-9-16;/h16,18H,1-15H2,(H,19,21);1H. The Kier molecular flexibility index (Phi) is 11.0. The van der Waals surface area contributed by atoms with Crippen LogP contribution in [0.25, 0.3) is 0 Å². The highest BCUT2D eigenvalue weighted by molar-refractivity contribution is 7.89. The molecule has 0 atom stereocenters. The minimum absolute atomic E-state index is 0. The Bertz CT molecular complexity index is 474. The fraction of sp³-hybridized carbons (Fsp3) is 0.941. The highest BCUT2D eigenvalue weighted by atomic mass is 35.5. The van der Waals surface area contributed by atoms with Crippen molar-refractivity contribution in [3.63, 3.8) is 0 Å². The van der Waals surface area contributed by atoms with Gasteiger partial charge in [-0.25, -0.2) is 12.7 Å². The van der Waals surface area contributed by atoms with Gasteiger partial charge in [0, 0.05) is 38.6 Å². The first-order chi connectivity index (χ1) is 11.6. The van der Waals surface area contributed by atoms with Gasteiger partial charge in [0.2, 0.25) is 15.9 Å². The smallest absolute Gasteiger partial charge is 0.220 e. The molecule has 1 saturated heterocycles. The number of amides is 1. The summed E-state index contributed by atoms with van der Waals surface area (Å²) in [5.41, 5.74) is 0. The fourth-order valence-electron chi connectivity index (χ4n) is 3.56. The van der Waals surface area contributed by atoms with E-state index in [4.69, 9.17) is 0 Å². The molecule has 0 spiro atoms. The maximum absolute atomic E-state index is 12.1. The lowest BCUT2D eigenvalue weighted by Gasteiger charge is -2.16. The molecule has 0 aromatic heterocycles. The number of hydrogen-bond donors (Lipinski definition) is 2. The largest absolute Gasteiger partial charge is 0.355 e. The molecule has 2 rings (SSSR count). The number of hydrogen-bond acceptors (Lipinski definition) is 4. The van der Waals surface area contributed by atoms with Crippen molar-refractivity contribution in [1.82, 2.24) is 14.9 Å². The maximum Gasteiger partial charge on any atom is 0.220 e. The molecule has 1 amide bonds. The number of carbonyl (C=O) groups excluding carboxylic acids is 1. The van der Waals surface area contributed by atoms with Gasteiger partial charge in [0.15, 0.2) is 0 Å². The Morgan fingerprint density at radius 3 is 2.24 bits per heavy atom. The molecule has 2 fully saturated rings. The minimum atomic E-state index is -3.16. The maximum atomic E-state index is 12.1. The van der Waals surface area contributed by atoms with Gasteiger partial charge in [-0.05, 0) is 32.1 Å². The van der Waals surface area contributed by atoms with Crippen LogP contribution in [-0.2, 0) is 14.8 Å². The normalized spacial score (nSPS) is 20.0. The van der Waals surface area contributed by atoms with Gasteiger partial charge in [0.1, 0.15) is 0 Å². The zero-order valence-electron chi connectivity index (χ0n) is 15.2. The first kappa shape index (κ1) is 22.7. The highest BCUT2D eigenvalue weighted by Gasteiger charge is 2.24. The molecule has 0 aromatic carbocycles. The molecule has 1 saturated carbocycles. The molecule has 0 bridgehead atoms. The van der Waals surface area contributed by atoms with Crippen LogP contribution in [0.15, 0.2) is 0 Å². The lowest BCUT2D eigenvalue weighted by atomic mass is 10.1. The second kappa shape index (κ2) is 12.1. The van der Waals surface area contributed by atoms with Crippen molar-refractivity contribution in [2.45, 2.75) is 70.3 Å². The molecule has 6 nitrogen and oxygen atoms in total. The average molecular weight is 396 g/mol. The van der Waals surface area contributed by atoms with Crippen LogP contribution < -0.4 is 10.6 Å². The quantitative estimate of drug-likeness (QED) is 0.462. The molecule has 1 heterocycles. The molecule has 0 radical (unpaired) electrons. The third-order valence-electron chi connectivity index (χ3n) is 5.00. The van der Waals surface area contributed by atoms with Gasteiger partial charge in [0.05, 0.1) is 5.75 Å². The van der Waals surface area contributed by atoms with Crippen molar-refractivity contribution in [2.24, 2.45) is 0 Å². The topological polar surface area (TPSA) is 78.5 Å². The number of rotatable bonds is 9. The summed E-state index contributed by atoms with van der Waals surface area (Å²) in [4.78, 5) is 11.8. The monoisotopic (exact) mass is 395 g/mol. The molecule has 1 aliphatic carbocycles. The van der Waals surface area contributed by atoms with Crippen molar-refractivity contribution in [3.05, 3.63) is 0 Å². The zero-order valence-corrected chi connectivity index (χ0v) is 16.8. The highest BCUT2D eigenvalue weighted by Crippen LogP contribution is 2.17. The van der Waals surface area contributed by atoms with E-state index in [0.717, 1.165) is 19.4 Å². The first-order valence-electron chi connectivity index (χ1n) is 9.56. The van der Waals surface area contributed by atoms with Crippen molar-refractivity contribution in [1.29, 1.82) is 0 Å². The van der Waals surface area contributed by atoms with Crippen LogP contribution >= 0.6 is 12.4 Å².